The Balaban J connectivity index is 2.13. The van der Waals surface area contributed by atoms with Gasteiger partial charge < -0.3 is 15.5 Å². The normalized spacial score (nSPS) is 11.9. The summed E-state index contributed by atoms with van der Waals surface area (Å²) in [6, 6.07) is 14.5. The summed E-state index contributed by atoms with van der Waals surface area (Å²) in [5.41, 5.74) is 0.560. The van der Waals surface area contributed by atoms with Gasteiger partial charge in [-0.25, -0.2) is 0 Å². The highest BCUT2D eigenvalue weighted by molar-refractivity contribution is 5.82. The maximum absolute atomic E-state index is 9.40. The van der Waals surface area contributed by atoms with Crippen molar-refractivity contribution in [3.8, 4) is 0 Å². The number of hydrogen-bond donors (Lipinski definition) is 3. The zero-order valence-electron chi connectivity index (χ0n) is 11.3. The van der Waals surface area contributed by atoms with Gasteiger partial charge in [0, 0.05) is 6.54 Å². The summed E-state index contributed by atoms with van der Waals surface area (Å²) >= 11 is 0. The Bertz CT molecular complexity index is 527. The molecule has 2 aromatic rings. The van der Waals surface area contributed by atoms with Crippen LogP contribution in [0.5, 0.6) is 0 Å². The Hall–Kier alpha value is -1.42. The number of benzene rings is 2. The van der Waals surface area contributed by atoms with Crippen LogP contribution in [0.1, 0.15) is 18.9 Å². The molecule has 0 bridgehead atoms. The molecule has 0 aliphatic heterocycles. The second kappa shape index (κ2) is 6.15. The van der Waals surface area contributed by atoms with Gasteiger partial charge in [-0.3, -0.25) is 0 Å². The van der Waals surface area contributed by atoms with E-state index in [1.165, 1.54) is 10.8 Å². The second-order valence-electron chi connectivity index (χ2n) is 4.99. The predicted octanol–water partition coefficient (Wildman–Crippen LogP) is 2.06. The van der Waals surface area contributed by atoms with Gasteiger partial charge in [0.05, 0.1) is 18.8 Å². The Morgan fingerprint density at radius 2 is 1.68 bits per heavy atom. The fourth-order valence-electron chi connectivity index (χ4n) is 2.15. The molecule has 3 N–H and O–H groups in total. The van der Waals surface area contributed by atoms with Gasteiger partial charge in [-0.15, -0.1) is 0 Å². The number of aliphatic hydroxyl groups excluding tert-OH is 2. The van der Waals surface area contributed by atoms with E-state index >= 15 is 0 Å². The molecule has 0 radical (unpaired) electrons. The lowest BCUT2D eigenvalue weighted by molar-refractivity contribution is 0.0864. The highest BCUT2D eigenvalue weighted by atomic mass is 16.3. The minimum absolute atomic E-state index is 0.0619. The number of fused-ring (bicyclic) bond motifs is 1. The van der Waals surface area contributed by atoms with Crippen molar-refractivity contribution in [1.82, 2.24) is 5.32 Å². The van der Waals surface area contributed by atoms with Crippen LogP contribution in [-0.4, -0.2) is 29.0 Å². The molecule has 0 saturated carbocycles. The van der Waals surface area contributed by atoms with E-state index in [-0.39, 0.29) is 13.2 Å². The van der Waals surface area contributed by atoms with Crippen LogP contribution in [0.3, 0.4) is 0 Å². The molecule has 0 atom stereocenters. The van der Waals surface area contributed by atoms with Gasteiger partial charge in [0.1, 0.15) is 0 Å². The van der Waals surface area contributed by atoms with E-state index in [1.54, 1.807) is 0 Å². The summed E-state index contributed by atoms with van der Waals surface area (Å²) in [5.74, 6) is 0. The minimum Gasteiger partial charge on any atom is -0.394 e. The molecule has 3 heteroatoms. The minimum atomic E-state index is -0.592. The molecule has 2 rings (SSSR count). The van der Waals surface area contributed by atoms with Gasteiger partial charge in [-0.05, 0) is 28.8 Å². The first kappa shape index (κ1) is 14.0. The van der Waals surface area contributed by atoms with Crippen LogP contribution in [0.25, 0.3) is 10.8 Å². The van der Waals surface area contributed by atoms with Crippen molar-refractivity contribution in [3.63, 3.8) is 0 Å². The van der Waals surface area contributed by atoms with Gasteiger partial charge >= 0.3 is 0 Å². The summed E-state index contributed by atoms with van der Waals surface area (Å²) in [6.45, 7) is 2.47. The SMILES string of the molecule is CCC(CO)(CO)NCc1ccc2ccccc2c1. The largest absolute Gasteiger partial charge is 0.394 e. The summed E-state index contributed by atoms with van der Waals surface area (Å²) in [7, 11) is 0. The van der Waals surface area contributed by atoms with Gasteiger partial charge in [0.2, 0.25) is 0 Å². The van der Waals surface area contributed by atoms with Crippen molar-refractivity contribution >= 4 is 10.8 Å². The Morgan fingerprint density at radius 3 is 2.32 bits per heavy atom. The zero-order valence-corrected chi connectivity index (χ0v) is 11.3. The van der Waals surface area contributed by atoms with Gasteiger partial charge in [0.25, 0.3) is 0 Å². The average Bonchev–Trinajstić information content (AvgIpc) is 2.49. The number of aliphatic hydroxyl groups is 2. The topological polar surface area (TPSA) is 52.5 Å². The first-order valence-electron chi connectivity index (χ1n) is 6.67. The molecular formula is C16H21NO2. The van der Waals surface area contributed by atoms with Crippen LogP contribution in [0, 0.1) is 0 Å². The van der Waals surface area contributed by atoms with Crippen molar-refractivity contribution < 1.29 is 10.2 Å². The molecule has 0 aliphatic rings. The van der Waals surface area contributed by atoms with E-state index in [0.717, 1.165) is 5.56 Å². The second-order valence-corrected chi connectivity index (χ2v) is 4.99. The average molecular weight is 259 g/mol. The van der Waals surface area contributed by atoms with E-state index in [4.69, 9.17) is 0 Å². The molecule has 0 fully saturated rings. The fourth-order valence-corrected chi connectivity index (χ4v) is 2.15. The quantitative estimate of drug-likeness (QED) is 0.744. The van der Waals surface area contributed by atoms with Crippen molar-refractivity contribution in [2.24, 2.45) is 0 Å². The van der Waals surface area contributed by atoms with E-state index in [2.05, 4.69) is 35.6 Å². The summed E-state index contributed by atoms with van der Waals surface area (Å²) in [4.78, 5) is 0. The molecule has 0 aromatic heterocycles. The standard InChI is InChI=1S/C16H21NO2/c1-2-16(11-18,12-19)17-10-13-7-8-14-5-3-4-6-15(14)9-13/h3-9,17-19H,2,10-12H2,1H3. The summed E-state index contributed by atoms with van der Waals surface area (Å²) < 4.78 is 0. The zero-order chi connectivity index (χ0) is 13.7. The van der Waals surface area contributed by atoms with Crippen molar-refractivity contribution in [3.05, 3.63) is 48.0 Å². The van der Waals surface area contributed by atoms with Crippen LogP contribution in [0.15, 0.2) is 42.5 Å². The van der Waals surface area contributed by atoms with Crippen molar-refractivity contribution in [1.29, 1.82) is 0 Å². The van der Waals surface area contributed by atoms with E-state index < -0.39 is 5.54 Å². The Labute approximate surface area is 113 Å². The van der Waals surface area contributed by atoms with E-state index in [9.17, 15) is 10.2 Å². The summed E-state index contributed by atoms with van der Waals surface area (Å²) in [5, 5.41) is 24.5. The lowest BCUT2D eigenvalue weighted by Gasteiger charge is -2.30. The van der Waals surface area contributed by atoms with Crippen LogP contribution in [0.2, 0.25) is 0 Å². The number of rotatable bonds is 6. The maximum atomic E-state index is 9.40. The third kappa shape index (κ3) is 3.13. The van der Waals surface area contributed by atoms with E-state index in [1.807, 2.05) is 19.1 Å². The van der Waals surface area contributed by atoms with Crippen LogP contribution in [-0.2, 0) is 6.54 Å². The van der Waals surface area contributed by atoms with Gasteiger partial charge in [-0.1, -0.05) is 43.3 Å². The number of hydrogen-bond acceptors (Lipinski definition) is 3. The molecule has 3 nitrogen and oxygen atoms in total. The molecule has 0 spiro atoms. The first-order chi connectivity index (χ1) is 9.23. The third-order valence-electron chi connectivity index (χ3n) is 3.76. The molecule has 0 saturated heterocycles. The highest BCUT2D eigenvalue weighted by Gasteiger charge is 2.25. The molecule has 19 heavy (non-hydrogen) atoms. The van der Waals surface area contributed by atoms with Gasteiger partial charge in [0.15, 0.2) is 0 Å². The van der Waals surface area contributed by atoms with Crippen LogP contribution >= 0.6 is 0 Å². The van der Waals surface area contributed by atoms with Crippen LogP contribution < -0.4 is 5.32 Å². The molecule has 0 aliphatic carbocycles. The molecule has 102 valence electrons. The number of nitrogens with one attached hydrogen (secondary N) is 1. The molecule has 0 unspecified atom stereocenters. The molecule has 0 amide bonds. The van der Waals surface area contributed by atoms with E-state index in [0.29, 0.717) is 13.0 Å². The molecule has 2 aromatic carbocycles. The monoisotopic (exact) mass is 259 g/mol. The fraction of sp³-hybridized carbons (Fsp3) is 0.375. The Kier molecular flexibility index (Phi) is 4.53. The lowest BCUT2D eigenvalue weighted by atomic mass is 9.97. The highest BCUT2D eigenvalue weighted by Crippen LogP contribution is 2.17. The predicted molar refractivity (Wildman–Crippen MR) is 78.0 cm³/mol. The van der Waals surface area contributed by atoms with Crippen molar-refractivity contribution in [2.75, 3.05) is 13.2 Å². The van der Waals surface area contributed by atoms with Crippen molar-refractivity contribution in [2.45, 2.75) is 25.4 Å². The Morgan fingerprint density at radius 1 is 1.00 bits per heavy atom. The van der Waals surface area contributed by atoms with Gasteiger partial charge in [-0.2, -0.15) is 0 Å². The molecular weight excluding hydrogens is 238 g/mol. The maximum Gasteiger partial charge on any atom is 0.0648 e. The van der Waals surface area contributed by atoms with Crippen LogP contribution in [0.4, 0.5) is 0 Å². The lowest BCUT2D eigenvalue weighted by Crippen LogP contribution is -2.50. The third-order valence-corrected chi connectivity index (χ3v) is 3.76. The first-order valence-corrected chi connectivity index (χ1v) is 6.67. The molecule has 0 heterocycles. The smallest absolute Gasteiger partial charge is 0.0648 e. The summed E-state index contributed by atoms with van der Waals surface area (Å²) in [6.07, 6.45) is 0.688.